The Hall–Kier alpha value is -1.35. The number of amides is 1. The van der Waals surface area contributed by atoms with Crippen LogP contribution < -0.4 is 10.1 Å². The largest absolute Gasteiger partial charge is 0.482 e. The van der Waals surface area contributed by atoms with Crippen LogP contribution in [0.25, 0.3) is 0 Å². The van der Waals surface area contributed by atoms with Crippen molar-refractivity contribution in [2.45, 2.75) is 0 Å². The van der Waals surface area contributed by atoms with Gasteiger partial charge in [0.1, 0.15) is 5.75 Å². The Morgan fingerprint density at radius 1 is 1.21 bits per heavy atom. The molecule has 0 aliphatic rings. The number of carbonyl (C=O) groups is 1. The molecule has 0 saturated carbocycles. The molecule has 0 atom stereocenters. The summed E-state index contributed by atoms with van der Waals surface area (Å²) in [6.07, 6.45) is 0. The molecule has 2 aromatic carbocycles. The first-order valence-corrected chi connectivity index (χ1v) is 8.63. The Bertz CT molecular complexity index is 794. The smallest absolute Gasteiger partial charge is 0.271 e. The Morgan fingerprint density at radius 3 is 2.38 bits per heavy atom. The van der Waals surface area contributed by atoms with E-state index in [1.54, 1.807) is 12.1 Å². The topological polar surface area (TPSA) is 81.5 Å². The van der Waals surface area contributed by atoms with Crippen LogP contribution in [-0.2, 0) is 4.79 Å². The molecule has 2 aromatic rings. The third-order valence-corrected chi connectivity index (χ3v) is 4.54. The molecule has 0 fully saturated rings. The van der Waals surface area contributed by atoms with Crippen molar-refractivity contribution in [3.63, 3.8) is 0 Å². The van der Waals surface area contributed by atoms with Gasteiger partial charge in [-0.3, -0.25) is 14.9 Å². The second-order valence-corrected chi connectivity index (χ2v) is 7.01. The van der Waals surface area contributed by atoms with Gasteiger partial charge in [0.2, 0.25) is 0 Å². The molecule has 126 valence electrons. The lowest BCUT2D eigenvalue weighted by atomic mass is 10.3. The van der Waals surface area contributed by atoms with Crippen LogP contribution in [0.2, 0.25) is 10.0 Å². The van der Waals surface area contributed by atoms with Crippen molar-refractivity contribution in [1.29, 1.82) is 0 Å². The summed E-state index contributed by atoms with van der Waals surface area (Å²) in [6, 6.07) is 7.22. The van der Waals surface area contributed by atoms with Crippen molar-refractivity contribution in [3.05, 3.63) is 59.4 Å². The SMILES string of the molecule is O=C(COc1ccc(Cl)cc1Cl)Nc1c(Br)cc([N+](=O)[O-])cc1Br. The standard InChI is InChI=1S/C14H8Br2Cl2N2O4/c15-9-4-8(20(22)23)5-10(16)14(9)19-13(21)6-24-12-2-1-7(17)3-11(12)18/h1-5H,6H2,(H,19,21). The monoisotopic (exact) mass is 496 g/mol. The Labute approximate surface area is 163 Å². The number of nitro benzene ring substituents is 1. The van der Waals surface area contributed by atoms with E-state index in [0.717, 1.165) is 0 Å². The van der Waals surface area contributed by atoms with E-state index in [9.17, 15) is 14.9 Å². The van der Waals surface area contributed by atoms with Crippen LogP contribution in [0.3, 0.4) is 0 Å². The number of anilines is 1. The van der Waals surface area contributed by atoms with Gasteiger partial charge in [0, 0.05) is 26.1 Å². The Balaban J connectivity index is 2.06. The average molecular weight is 499 g/mol. The van der Waals surface area contributed by atoms with Crippen molar-refractivity contribution in [3.8, 4) is 5.75 Å². The Kier molecular flexibility index (Phi) is 6.45. The Morgan fingerprint density at radius 2 is 1.83 bits per heavy atom. The van der Waals surface area contributed by atoms with Crippen LogP contribution in [0.1, 0.15) is 0 Å². The number of nitrogens with zero attached hydrogens (tertiary/aromatic N) is 1. The highest BCUT2D eigenvalue weighted by molar-refractivity contribution is 9.11. The van der Waals surface area contributed by atoms with Crippen LogP contribution >= 0.6 is 55.1 Å². The summed E-state index contributed by atoms with van der Waals surface area (Å²) in [4.78, 5) is 22.3. The van der Waals surface area contributed by atoms with Gasteiger partial charge >= 0.3 is 0 Å². The molecule has 6 nitrogen and oxygen atoms in total. The molecule has 0 bridgehead atoms. The molecular formula is C14H8Br2Cl2N2O4. The van der Waals surface area contributed by atoms with E-state index in [4.69, 9.17) is 27.9 Å². The van der Waals surface area contributed by atoms with Crippen LogP contribution in [0, 0.1) is 10.1 Å². The highest BCUT2D eigenvalue weighted by Crippen LogP contribution is 2.35. The lowest BCUT2D eigenvalue weighted by molar-refractivity contribution is -0.385. The maximum Gasteiger partial charge on any atom is 0.271 e. The van der Waals surface area contributed by atoms with Crippen LogP contribution in [0.4, 0.5) is 11.4 Å². The summed E-state index contributed by atoms with van der Waals surface area (Å²) in [5, 5.41) is 14.1. The highest BCUT2D eigenvalue weighted by atomic mass is 79.9. The first-order valence-electron chi connectivity index (χ1n) is 6.29. The summed E-state index contributed by atoms with van der Waals surface area (Å²) >= 11 is 18.1. The number of nitrogens with one attached hydrogen (secondary N) is 1. The van der Waals surface area contributed by atoms with Gasteiger partial charge in [-0.05, 0) is 50.1 Å². The number of benzene rings is 2. The van der Waals surface area contributed by atoms with E-state index in [-0.39, 0.29) is 17.3 Å². The molecule has 0 saturated heterocycles. The number of rotatable bonds is 5. The summed E-state index contributed by atoms with van der Waals surface area (Å²) in [7, 11) is 0. The fourth-order valence-corrected chi connectivity index (χ4v) is 3.52. The summed E-state index contributed by atoms with van der Waals surface area (Å²) < 4.78 is 6.05. The molecule has 1 amide bonds. The molecule has 0 unspecified atom stereocenters. The van der Waals surface area contributed by atoms with Crippen molar-refractivity contribution in [2.24, 2.45) is 0 Å². The molecule has 0 radical (unpaired) electrons. The van der Waals surface area contributed by atoms with Gasteiger partial charge in [-0.2, -0.15) is 0 Å². The zero-order valence-electron chi connectivity index (χ0n) is 11.7. The molecular weight excluding hydrogens is 491 g/mol. The van der Waals surface area contributed by atoms with Crippen molar-refractivity contribution in [1.82, 2.24) is 0 Å². The van der Waals surface area contributed by atoms with E-state index >= 15 is 0 Å². The van der Waals surface area contributed by atoms with E-state index in [0.29, 0.717) is 25.4 Å². The van der Waals surface area contributed by atoms with Crippen molar-refractivity contribution in [2.75, 3.05) is 11.9 Å². The molecule has 10 heteroatoms. The average Bonchev–Trinajstić information content (AvgIpc) is 2.49. The van der Waals surface area contributed by atoms with Gasteiger partial charge in [0.15, 0.2) is 6.61 Å². The molecule has 0 aliphatic heterocycles. The number of ether oxygens (including phenoxy) is 1. The highest BCUT2D eigenvalue weighted by Gasteiger charge is 2.16. The quantitative estimate of drug-likeness (QED) is 0.439. The summed E-state index contributed by atoms with van der Waals surface area (Å²) in [5.74, 6) is -0.144. The number of carbonyl (C=O) groups excluding carboxylic acids is 1. The minimum atomic E-state index is -0.535. The normalized spacial score (nSPS) is 10.3. The van der Waals surface area contributed by atoms with Crippen molar-refractivity contribution >= 4 is 72.3 Å². The number of nitro groups is 1. The lowest BCUT2D eigenvalue weighted by Gasteiger charge is -2.11. The predicted molar refractivity (Wildman–Crippen MR) is 99.1 cm³/mol. The van der Waals surface area contributed by atoms with Crippen LogP contribution in [0.15, 0.2) is 39.3 Å². The maximum atomic E-state index is 12.0. The van der Waals surface area contributed by atoms with Gasteiger partial charge in [0.05, 0.1) is 15.6 Å². The van der Waals surface area contributed by atoms with Gasteiger partial charge in [0.25, 0.3) is 11.6 Å². The number of hydrogen-bond acceptors (Lipinski definition) is 4. The van der Waals surface area contributed by atoms with Gasteiger partial charge in [-0.1, -0.05) is 23.2 Å². The second kappa shape index (κ2) is 8.15. The maximum absolute atomic E-state index is 12.0. The van der Waals surface area contributed by atoms with E-state index < -0.39 is 10.8 Å². The van der Waals surface area contributed by atoms with Gasteiger partial charge < -0.3 is 10.1 Å². The number of hydrogen-bond donors (Lipinski definition) is 1. The fourth-order valence-electron chi connectivity index (χ4n) is 1.70. The molecule has 2 rings (SSSR count). The van der Waals surface area contributed by atoms with Crippen LogP contribution in [-0.4, -0.2) is 17.4 Å². The third-order valence-electron chi connectivity index (χ3n) is 2.75. The molecule has 0 spiro atoms. The van der Waals surface area contributed by atoms with Gasteiger partial charge in [-0.25, -0.2) is 0 Å². The molecule has 0 heterocycles. The summed E-state index contributed by atoms with van der Waals surface area (Å²) in [5.41, 5.74) is 0.243. The predicted octanol–water partition coefficient (Wildman–Crippen LogP) is 5.44. The number of halogens is 4. The van der Waals surface area contributed by atoms with Crippen LogP contribution in [0.5, 0.6) is 5.75 Å². The first-order chi connectivity index (χ1) is 11.3. The summed E-state index contributed by atoms with van der Waals surface area (Å²) in [6.45, 7) is -0.294. The van der Waals surface area contributed by atoms with E-state index in [1.807, 2.05) is 0 Å². The molecule has 24 heavy (non-hydrogen) atoms. The van der Waals surface area contributed by atoms with E-state index in [1.165, 1.54) is 18.2 Å². The minimum Gasteiger partial charge on any atom is -0.482 e. The first kappa shape index (κ1) is 19.0. The fraction of sp³-hybridized carbons (Fsp3) is 0.0714. The minimum absolute atomic E-state index is 0.115. The molecule has 0 aliphatic carbocycles. The van der Waals surface area contributed by atoms with Crippen molar-refractivity contribution < 1.29 is 14.5 Å². The molecule has 1 N–H and O–H groups in total. The lowest BCUT2D eigenvalue weighted by Crippen LogP contribution is -2.20. The third kappa shape index (κ3) is 4.83. The zero-order chi connectivity index (χ0) is 17.9. The van der Waals surface area contributed by atoms with E-state index in [2.05, 4.69) is 37.2 Å². The second-order valence-electron chi connectivity index (χ2n) is 4.45. The zero-order valence-corrected chi connectivity index (χ0v) is 16.4. The molecule has 0 aromatic heterocycles. The van der Waals surface area contributed by atoms with Gasteiger partial charge in [-0.15, -0.1) is 0 Å². The number of non-ortho nitro benzene ring substituents is 1.